The topological polar surface area (TPSA) is 84.0 Å². The fourth-order valence-electron chi connectivity index (χ4n) is 1.70. The second kappa shape index (κ2) is 8.29. The number of benzene rings is 2. The zero-order valence-corrected chi connectivity index (χ0v) is 12.6. The molecule has 0 radical (unpaired) electrons. The lowest BCUT2D eigenvalue weighted by molar-refractivity contribution is 0.0513. The van der Waals surface area contributed by atoms with Crippen LogP contribution in [0.15, 0.2) is 58.8 Å². The molecule has 0 atom stereocenters. The van der Waals surface area contributed by atoms with E-state index in [4.69, 9.17) is 14.7 Å². The van der Waals surface area contributed by atoms with Gasteiger partial charge in [-0.2, -0.15) is 15.5 Å². The molecule has 6 nitrogen and oxygen atoms in total. The maximum absolute atomic E-state index is 11.7. The van der Waals surface area contributed by atoms with Gasteiger partial charge < -0.3 is 9.47 Å². The molecule has 0 saturated carbocycles. The molecule has 2 rings (SSSR count). The first-order valence-corrected chi connectivity index (χ1v) is 6.93. The van der Waals surface area contributed by atoms with Gasteiger partial charge in [-0.1, -0.05) is 0 Å². The molecule has 116 valence electrons. The van der Waals surface area contributed by atoms with Gasteiger partial charge in [0.1, 0.15) is 12.4 Å². The Hall–Kier alpha value is -3.20. The lowest BCUT2D eigenvalue weighted by atomic mass is 10.2. The van der Waals surface area contributed by atoms with E-state index in [0.29, 0.717) is 16.9 Å². The van der Waals surface area contributed by atoms with E-state index in [1.165, 1.54) is 0 Å². The first-order valence-electron chi connectivity index (χ1n) is 6.93. The Kier molecular flexibility index (Phi) is 5.83. The van der Waals surface area contributed by atoms with Gasteiger partial charge in [-0.25, -0.2) is 4.79 Å². The van der Waals surface area contributed by atoms with Crippen LogP contribution in [0, 0.1) is 11.3 Å². The third kappa shape index (κ3) is 4.93. The summed E-state index contributed by atoms with van der Waals surface area (Å²) in [5, 5.41) is 16.6. The molecule has 0 amide bonds. The molecule has 6 heteroatoms. The average molecular weight is 309 g/mol. The standard InChI is InChI=1S/C17H15N3O3/c1-22-16-9-7-15(8-10-16)20-19-14-5-3-13(4-6-14)17(21)23-12-2-11-18/h3-10H,2,12H2,1H3. The molecule has 0 N–H and O–H groups in total. The molecular weight excluding hydrogens is 294 g/mol. The maximum Gasteiger partial charge on any atom is 0.338 e. The van der Waals surface area contributed by atoms with Crippen molar-refractivity contribution in [1.82, 2.24) is 0 Å². The van der Waals surface area contributed by atoms with Crippen LogP contribution in [0.4, 0.5) is 11.4 Å². The minimum Gasteiger partial charge on any atom is -0.497 e. The van der Waals surface area contributed by atoms with Crippen molar-refractivity contribution >= 4 is 17.3 Å². The molecule has 0 saturated heterocycles. The van der Waals surface area contributed by atoms with Gasteiger partial charge in [-0.05, 0) is 48.5 Å². The monoisotopic (exact) mass is 309 g/mol. The van der Waals surface area contributed by atoms with Crippen molar-refractivity contribution in [2.75, 3.05) is 13.7 Å². The van der Waals surface area contributed by atoms with E-state index >= 15 is 0 Å². The van der Waals surface area contributed by atoms with E-state index < -0.39 is 5.97 Å². The summed E-state index contributed by atoms with van der Waals surface area (Å²) >= 11 is 0. The van der Waals surface area contributed by atoms with E-state index in [1.54, 1.807) is 55.6 Å². The Morgan fingerprint density at radius 3 is 2.13 bits per heavy atom. The van der Waals surface area contributed by atoms with Gasteiger partial charge in [0.05, 0.1) is 36.5 Å². The van der Waals surface area contributed by atoms with Crippen molar-refractivity contribution in [2.24, 2.45) is 10.2 Å². The number of rotatable bonds is 6. The second-order valence-corrected chi connectivity index (χ2v) is 4.49. The zero-order chi connectivity index (χ0) is 16.5. The molecule has 2 aromatic rings. The van der Waals surface area contributed by atoms with Crippen LogP contribution < -0.4 is 4.74 Å². The van der Waals surface area contributed by atoms with Crippen molar-refractivity contribution in [3.8, 4) is 11.8 Å². The van der Waals surface area contributed by atoms with Crippen LogP contribution in [-0.4, -0.2) is 19.7 Å². The summed E-state index contributed by atoms with van der Waals surface area (Å²) in [6.45, 7) is 0.0915. The smallest absolute Gasteiger partial charge is 0.338 e. The number of azo groups is 1. The third-order valence-corrected chi connectivity index (χ3v) is 2.90. The Morgan fingerprint density at radius 2 is 1.61 bits per heavy atom. The number of methoxy groups -OCH3 is 1. The molecule has 23 heavy (non-hydrogen) atoms. The summed E-state index contributed by atoms with van der Waals surface area (Å²) in [6, 6.07) is 15.7. The van der Waals surface area contributed by atoms with Crippen LogP contribution in [0.25, 0.3) is 0 Å². The first-order chi connectivity index (χ1) is 11.2. The molecule has 0 bridgehead atoms. The third-order valence-electron chi connectivity index (χ3n) is 2.90. The highest BCUT2D eigenvalue weighted by molar-refractivity contribution is 5.89. The van der Waals surface area contributed by atoms with Crippen LogP contribution in [0.5, 0.6) is 5.75 Å². The van der Waals surface area contributed by atoms with Crippen LogP contribution in [0.3, 0.4) is 0 Å². The van der Waals surface area contributed by atoms with E-state index in [9.17, 15) is 4.79 Å². The van der Waals surface area contributed by atoms with Gasteiger partial charge in [-0.15, -0.1) is 0 Å². The van der Waals surface area contributed by atoms with E-state index in [2.05, 4.69) is 10.2 Å². The highest BCUT2D eigenvalue weighted by atomic mass is 16.5. The predicted octanol–water partition coefficient (Wildman–Crippen LogP) is 4.18. The molecular formula is C17H15N3O3. The molecule has 0 fully saturated rings. The number of carbonyl (C=O) groups excluding carboxylic acids is 1. The van der Waals surface area contributed by atoms with Gasteiger partial charge in [-0.3, -0.25) is 0 Å². The fourth-order valence-corrected chi connectivity index (χ4v) is 1.70. The lowest BCUT2D eigenvalue weighted by Crippen LogP contribution is -2.05. The Balaban J connectivity index is 1.97. The number of hydrogen-bond donors (Lipinski definition) is 0. The van der Waals surface area contributed by atoms with Gasteiger partial charge >= 0.3 is 5.97 Å². The number of esters is 1. The number of nitriles is 1. The number of carbonyl (C=O) groups is 1. The van der Waals surface area contributed by atoms with Crippen molar-refractivity contribution in [3.05, 3.63) is 54.1 Å². The van der Waals surface area contributed by atoms with Crippen molar-refractivity contribution in [2.45, 2.75) is 6.42 Å². The highest BCUT2D eigenvalue weighted by Crippen LogP contribution is 2.21. The molecule has 0 heterocycles. The Bertz CT molecular complexity index is 716. The quantitative estimate of drug-likeness (QED) is 0.455. The van der Waals surface area contributed by atoms with Crippen molar-refractivity contribution < 1.29 is 14.3 Å². The summed E-state index contributed by atoms with van der Waals surface area (Å²) in [6.07, 6.45) is 0.180. The summed E-state index contributed by atoms with van der Waals surface area (Å²) in [7, 11) is 1.60. The predicted molar refractivity (Wildman–Crippen MR) is 84.1 cm³/mol. The number of hydrogen-bond acceptors (Lipinski definition) is 6. The summed E-state index contributed by atoms with van der Waals surface area (Å²) in [5.74, 6) is 0.294. The second-order valence-electron chi connectivity index (χ2n) is 4.49. The molecule has 0 aromatic heterocycles. The normalized spacial score (nSPS) is 10.3. The molecule has 0 unspecified atom stereocenters. The van der Waals surface area contributed by atoms with Crippen molar-refractivity contribution in [1.29, 1.82) is 5.26 Å². The van der Waals surface area contributed by atoms with Gasteiger partial charge in [0.25, 0.3) is 0 Å². The average Bonchev–Trinajstić information content (AvgIpc) is 2.61. The van der Waals surface area contributed by atoms with E-state index in [-0.39, 0.29) is 13.0 Å². The lowest BCUT2D eigenvalue weighted by Gasteiger charge is -2.02. The SMILES string of the molecule is COc1ccc(N=Nc2ccc(C(=O)OCCC#N)cc2)cc1. The molecule has 0 spiro atoms. The van der Waals surface area contributed by atoms with E-state index in [0.717, 1.165) is 5.75 Å². The minimum absolute atomic E-state index is 0.0915. The molecule has 0 aliphatic rings. The Morgan fingerprint density at radius 1 is 1.04 bits per heavy atom. The van der Waals surface area contributed by atoms with Gasteiger partial charge in [0.15, 0.2) is 0 Å². The van der Waals surface area contributed by atoms with Crippen LogP contribution >= 0.6 is 0 Å². The maximum atomic E-state index is 11.7. The van der Waals surface area contributed by atoms with Crippen molar-refractivity contribution in [3.63, 3.8) is 0 Å². The summed E-state index contributed by atoms with van der Waals surface area (Å²) in [5.41, 5.74) is 1.73. The molecule has 2 aromatic carbocycles. The summed E-state index contributed by atoms with van der Waals surface area (Å²) in [4.78, 5) is 11.7. The number of ether oxygens (including phenoxy) is 2. The zero-order valence-electron chi connectivity index (χ0n) is 12.6. The number of nitrogens with zero attached hydrogens (tertiary/aromatic N) is 3. The molecule has 0 aliphatic heterocycles. The van der Waals surface area contributed by atoms with Gasteiger partial charge in [0, 0.05) is 0 Å². The first kappa shape index (κ1) is 16.2. The van der Waals surface area contributed by atoms with Crippen LogP contribution in [0.1, 0.15) is 16.8 Å². The highest BCUT2D eigenvalue weighted by Gasteiger charge is 2.06. The molecule has 0 aliphatic carbocycles. The minimum atomic E-state index is -0.459. The van der Waals surface area contributed by atoms with Crippen LogP contribution in [-0.2, 0) is 4.74 Å². The summed E-state index contributed by atoms with van der Waals surface area (Å²) < 4.78 is 10.0. The fraction of sp³-hybridized carbons (Fsp3) is 0.176. The van der Waals surface area contributed by atoms with Gasteiger partial charge in [0.2, 0.25) is 0 Å². The van der Waals surface area contributed by atoms with Crippen LogP contribution in [0.2, 0.25) is 0 Å². The van der Waals surface area contributed by atoms with E-state index in [1.807, 2.05) is 6.07 Å². The largest absolute Gasteiger partial charge is 0.497 e. The Labute approximate surface area is 134 Å².